The number of aromatic nitrogens is 2. The highest BCUT2D eigenvalue weighted by atomic mass is 14.7. The van der Waals surface area contributed by atoms with Gasteiger partial charge in [-0.2, -0.15) is 0 Å². The van der Waals surface area contributed by atoms with Gasteiger partial charge in [-0.25, -0.2) is 0 Å². The number of rotatable bonds is 0. The van der Waals surface area contributed by atoms with E-state index in [0.717, 1.165) is 0 Å². The Morgan fingerprint density at radius 1 is 1.25 bits per heavy atom. The molecule has 0 saturated carbocycles. The van der Waals surface area contributed by atoms with Crippen LogP contribution < -0.4 is 0 Å². The average molecular weight is 162 g/mol. The summed E-state index contributed by atoms with van der Waals surface area (Å²) in [6, 6.07) is 2.02. The fourth-order valence-corrected chi connectivity index (χ4v) is 1.12. The predicted molar refractivity (Wildman–Crippen MR) is 52.2 cm³/mol. The fraction of sp³-hybridized carbons (Fsp3) is 0.300. The molecule has 2 heterocycles. The van der Waals surface area contributed by atoms with E-state index in [4.69, 9.17) is 0 Å². The molecule has 64 valence electrons. The maximum atomic E-state index is 4.06. The van der Waals surface area contributed by atoms with Crippen LogP contribution in [0.25, 0.3) is 10.9 Å². The summed E-state index contributed by atoms with van der Waals surface area (Å²) in [7, 11) is 0. The summed E-state index contributed by atoms with van der Waals surface area (Å²) in [6.07, 6.45) is 5.65. The molecule has 0 spiro atoms. The average Bonchev–Trinajstić information content (AvgIpc) is 2.57. The summed E-state index contributed by atoms with van der Waals surface area (Å²) in [5.41, 5.74) is 2.39. The number of hydrogen-bond acceptors (Lipinski definition) is 1. The Morgan fingerprint density at radius 3 is 2.67 bits per heavy atom. The van der Waals surface area contributed by atoms with Gasteiger partial charge in [-0.1, -0.05) is 13.8 Å². The molecule has 12 heavy (non-hydrogen) atoms. The zero-order valence-electron chi connectivity index (χ0n) is 7.76. The Hall–Kier alpha value is -1.31. The summed E-state index contributed by atoms with van der Waals surface area (Å²) < 4.78 is 0. The van der Waals surface area contributed by atoms with Crippen molar-refractivity contribution in [3.05, 3.63) is 30.2 Å². The maximum absolute atomic E-state index is 4.06. The molecule has 0 bridgehead atoms. The van der Waals surface area contributed by atoms with E-state index in [1.54, 1.807) is 0 Å². The zero-order chi connectivity index (χ0) is 8.97. The van der Waals surface area contributed by atoms with Gasteiger partial charge < -0.3 is 4.98 Å². The van der Waals surface area contributed by atoms with Crippen LogP contribution in [0.15, 0.2) is 24.7 Å². The summed E-state index contributed by atoms with van der Waals surface area (Å²) in [5.74, 6) is 0. The van der Waals surface area contributed by atoms with Gasteiger partial charge in [0.25, 0.3) is 0 Å². The molecule has 2 nitrogen and oxygen atoms in total. The molecule has 0 unspecified atom stereocenters. The van der Waals surface area contributed by atoms with Gasteiger partial charge in [0.1, 0.15) is 0 Å². The first kappa shape index (κ1) is 8.78. The third-order valence-corrected chi connectivity index (χ3v) is 1.66. The smallest absolute Gasteiger partial charge is 0.0514 e. The Kier molecular flexibility index (Phi) is 2.86. The third kappa shape index (κ3) is 1.47. The first-order chi connectivity index (χ1) is 5.88. The van der Waals surface area contributed by atoms with Crippen LogP contribution in [0.3, 0.4) is 0 Å². The van der Waals surface area contributed by atoms with Gasteiger partial charge in [0, 0.05) is 24.0 Å². The molecular formula is C10H14N2. The van der Waals surface area contributed by atoms with Crippen LogP contribution in [0.5, 0.6) is 0 Å². The summed E-state index contributed by atoms with van der Waals surface area (Å²) in [5, 5.41) is 1.18. The van der Waals surface area contributed by atoms with E-state index in [1.165, 1.54) is 16.5 Å². The summed E-state index contributed by atoms with van der Waals surface area (Å²) >= 11 is 0. The van der Waals surface area contributed by atoms with E-state index < -0.39 is 0 Å². The number of H-pyrrole nitrogens is 1. The van der Waals surface area contributed by atoms with Crippen molar-refractivity contribution >= 4 is 10.9 Å². The number of aromatic amines is 1. The SMILES string of the molecule is CC.Cc1cncc2cc[nH]c12. The van der Waals surface area contributed by atoms with E-state index in [-0.39, 0.29) is 0 Å². The van der Waals surface area contributed by atoms with Crippen molar-refractivity contribution in [2.24, 2.45) is 0 Å². The second kappa shape index (κ2) is 3.90. The third-order valence-electron chi connectivity index (χ3n) is 1.66. The van der Waals surface area contributed by atoms with Gasteiger partial charge in [-0.15, -0.1) is 0 Å². The first-order valence-corrected chi connectivity index (χ1v) is 4.25. The van der Waals surface area contributed by atoms with E-state index in [0.29, 0.717) is 0 Å². The predicted octanol–water partition coefficient (Wildman–Crippen LogP) is 2.90. The van der Waals surface area contributed by atoms with Crippen molar-refractivity contribution in [3.63, 3.8) is 0 Å². The van der Waals surface area contributed by atoms with Crippen molar-refractivity contribution in [2.75, 3.05) is 0 Å². The Morgan fingerprint density at radius 2 is 2.00 bits per heavy atom. The van der Waals surface area contributed by atoms with Crippen molar-refractivity contribution in [3.8, 4) is 0 Å². The number of aryl methyl sites for hydroxylation is 1. The monoisotopic (exact) mass is 162 g/mol. The van der Waals surface area contributed by atoms with E-state index in [1.807, 2.05) is 45.4 Å². The highest BCUT2D eigenvalue weighted by Crippen LogP contribution is 2.13. The second-order valence-electron chi connectivity index (χ2n) is 2.40. The highest BCUT2D eigenvalue weighted by molar-refractivity contribution is 5.80. The highest BCUT2D eigenvalue weighted by Gasteiger charge is 1.94. The van der Waals surface area contributed by atoms with Gasteiger partial charge in [0.05, 0.1) is 5.52 Å². The first-order valence-electron chi connectivity index (χ1n) is 4.25. The molecule has 0 radical (unpaired) electrons. The summed E-state index contributed by atoms with van der Waals surface area (Å²) in [6.45, 7) is 6.05. The van der Waals surface area contributed by atoms with Crippen LogP contribution in [0, 0.1) is 6.92 Å². The van der Waals surface area contributed by atoms with Crippen LogP contribution in [0.2, 0.25) is 0 Å². The van der Waals surface area contributed by atoms with Crippen molar-refractivity contribution in [2.45, 2.75) is 20.8 Å². The molecule has 0 fully saturated rings. The molecule has 1 N–H and O–H groups in total. The van der Waals surface area contributed by atoms with Gasteiger partial charge in [-0.05, 0) is 18.6 Å². The lowest BCUT2D eigenvalue weighted by Crippen LogP contribution is -1.77. The zero-order valence-corrected chi connectivity index (χ0v) is 7.76. The van der Waals surface area contributed by atoms with Gasteiger partial charge >= 0.3 is 0 Å². The molecule has 2 rings (SSSR count). The molecule has 2 aromatic heterocycles. The standard InChI is InChI=1S/C8H8N2.C2H6/c1-6-4-9-5-7-2-3-10-8(6)7;1-2/h2-5,10H,1H3;1-2H3. The molecule has 2 heteroatoms. The minimum atomic E-state index is 1.18. The lowest BCUT2D eigenvalue weighted by Gasteiger charge is -1.91. The van der Waals surface area contributed by atoms with Crippen LogP contribution >= 0.6 is 0 Å². The van der Waals surface area contributed by atoms with Crippen molar-refractivity contribution in [1.82, 2.24) is 9.97 Å². The largest absolute Gasteiger partial charge is 0.361 e. The molecule has 2 aromatic rings. The lowest BCUT2D eigenvalue weighted by atomic mass is 10.2. The van der Waals surface area contributed by atoms with E-state index in [2.05, 4.69) is 9.97 Å². The molecule has 0 saturated heterocycles. The second-order valence-corrected chi connectivity index (χ2v) is 2.40. The van der Waals surface area contributed by atoms with Crippen LogP contribution in [0.4, 0.5) is 0 Å². The normalized spacial score (nSPS) is 9.25. The minimum absolute atomic E-state index is 1.18. The van der Waals surface area contributed by atoms with Crippen molar-refractivity contribution < 1.29 is 0 Å². The Bertz CT molecular complexity index is 349. The number of nitrogens with zero attached hydrogens (tertiary/aromatic N) is 1. The topological polar surface area (TPSA) is 28.7 Å². The quantitative estimate of drug-likeness (QED) is 0.634. The molecule has 0 amide bonds. The molecule has 0 aromatic carbocycles. The van der Waals surface area contributed by atoms with Crippen LogP contribution in [0.1, 0.15) is 19.4 Å². The van der Waals surface area contributed by atoms with E-state index in [9.17, 15) is 0 Å². The molecule has 0 aliphatic heterocycles. The fourth-order valence-electron chi connectivity index (χ4n) is 1.12. The molecular weight excluding hydrogens is 148 g/mol. The molecule has 0 aliphatic carbocycles. The number of pyridine rings is 1. The van der Waals surface area contributed by atoms with Gasteiger partial charge in [0.2, 0.25) is 0 Å². The van der Waals surface area contributed by atoms with E-state index >= 15 is 0 Å². The lowest BCUT2D eigenvalue weighted by molar-refractivity contribution is 1.29. The molecule has 0 atom stereocenters. The van der Waals surface area contributed by atoms with Crippen LogP contribution in [-0.4, -0.2) is 9.97 Å². The number of fused-ring (bicyclic) bond motifs is 1. The molecule has 0 aliphatic rings. The minimum Gasteiger partial charge on any atom is -0.361 e. The van der Waals surface area contributed by atoms with Gasteiger partial charge in [-0.3, -0.25) is 4.98 Å². The van der Waals surface area contributed by atoms with Crippen molar-refractivity contribution in [1.29, 1.82) is 0 Å². The van der Waals surface area contributed by atoms with Crippen LogP contribution in [-0.2, 0) is 0 Å². The number of nitrogens with one attached hydrogen (secondary N) is 1. The summed E-state index contributed by atoms with van der Waals surface area (Å²) in [4.78, 5) is 7.21. The Labute approximate surface area is 72.6 Å². The Balaban J connectivity index is 0.000000336. The number of hydrogen-bond donors (Lipinski definition) is 1. The maximum Gasteiger partial charge on any atom is 0.0514 e. The van der Waals surface area contributed by atoms with Gasteiger partial charge in [0.15, 0.2) is 0 Å².